The Kier molecular flexibility index (Phi) is 6.54. The van der Waals surface area contributed by atoms with Crippen molar-refractivity contribution in [3.63, 3.8) is 0 Å². The molecule has 5 heteroatoms. The van der Waals surface area contributed by atoms with Gasteiger partial charge in [-0.3, -0.25) is 9.88 Å². The van der Waals surface area contributed by atoms with Gasteiger partial charge >= 0.3 is 0 Å². The average Bonchev–Trinajstić information content (AvgIpc) is 2.42. The minimum Gasteiger partial charge on any atom is -0.395 e. The maximum absolute atomic E-state index is 13.0. The molecule has 21 heavy (non-hydrogen) atoms. The van der Waals surface area contributed by atoms with Gasteiger partial charge in [-0.1, -0.05) is 13.3 Å². The van der Waals surface area contributed by atoms with E-state index in [2.05, 4.69) is 22.1 Å². The van der Waals surface area contributed by atoms with Gasteiger partial charge in [0.05, 0.1) is 24.5 Å². The van der Waals surface area contributed by atoms with Gasteiger partial charge in [0, 0.05) is 19.1 Å². The van der Waals surface area contributed by atoms with Crippen molar-refractivity contribution in [1.82, 2.24) is 15.2 Å². The molecule has 1 heterocycles. The number of halogens is 1. The molecule has 1 atom stereocenters. The fourth-order valence-electron chi connectivity index (χ4n) is 2.85. The third-order valence-electron chi connectivity index (χ3n) is 4.24. The average molecular weight is 295 g/mol. The Balaban J connectivity index is 1.93. The minimum absolute atomic E-state index is 0.136. The highest BCUT2D eigenvalue weighted by Gasteiger charge is 2.25. The Morgan fingerprint density at radius 1 is 1.43 bits per heavy atom. The standard InChI is InChI=1S/C16H26FN3O/c1-2-18-16(15-7-6-13(17)12-19-15)8-9-20(10-11-21)14-4-3-5-14/h6-7,12,14,16,18,21H,2-5,8-11H2,1H3. The number of nitrogens with one attached hydrogen (secondary N) is 1. The van der Waals surface area contributed by atoms with Crippen molar-refractivity contribution < 1.29 is 9.50 Å². The molecule has 4 nitrogen and oxygen atoms in total. The number of pyridine rings is 1. The van der Waals surface area contributed by atoms with Gasteiger partial charge in [-0.15, -0.1) is 0 Å². The van der Waals surface area contributed by atoms with Crippen LogP contribution in [-0.2, 0) is 0 Å². The zero-order valence-electron chi connectivity index (χ0n) is 12.8. The van der Waals surface area contributed by atoms with Crippen LogP contribution in [-0.4, -0.2) is 47.3 Å². The molecule has 1 aromatic rings. The first-order valence-electron chi connectivity index (χ1n) is 7.94. The molecule has 0 saturated heterocycles. The fraction of sp³-hybridized carbons (Fsp3) is 0.688. The van der Waals surface area contributed by atoms with Crippen molar-refractivity contribution >= 4 is 0 Å². The van der Waals surface area contributed by atoms with Crippen LogP contribution in [0.15, 0.2) is 18.3 Å². The highest BCUT2D eigenvalue weighted by Crippen LogP contribution is 2.26. The fourth-order valence-corrected chi connectivity index (χ4v) is 2.85. The second-order valence-corrected chi connectivity index (χ2v) is 5.64. The number of aliphatic hydroxyl groups excluding tert-OH is 1. The number of rotatable bonds is 9. The van der Waals surface area contributed by atoms with E-state index in [0.29, 0.717) is 6.04 Å². The van der Waals surface area contributed by atoms with Crippen LogP contribution in [0.25, 0.3) is 0 Å². The predicted octanol–water partition coefficient (Wildman–Crippen LogP) is 2.11. The molecule has 0 aliphatic heterocycles. The molecular weight excluding hydrogens is 269 g/mol. The number of hydrogen-bond acceptors (Lipinski definition) is 4. The molecule has 0 amide bonds. The number of aliphatic hydroxyl groups is 1. The van der Waals surface area contributed by atoms with E-state index in [1.54, 1.807) is 6.07 Å². The quantitative estimate of drug-likeness (QED) is 0.732. The van der Waals surface area contributed by atoms with E-state index in [1.165, 1.54) is 31.5 Å². The first kappa shape index (κ1) is 16.3. The monoisotopic (exact) mass is 295 g/mol. The van der Waals surface area contributed by atoms with Crippen molar-refractivity contribution in [3.05, 3.63) is 29.8 Å². The zero-order valence-corrected chi connectivity index (χ0v) is 12.8. The first-order chi connectivity index (χ1) is 10.2. The summed E-state index contributed by atoms with van der Waals surface area (Å²) in [5.41, 5.74) is 0.885. The molecular formula is C16H26FN3O. The van der Waals surface area contributed by atoms with Gasteiger partial charge in [0.1, 0.15) is 5.82 Å². The molecule has 2 rings (SSSR count). The number of nitrogens with zero attached hydrogens (tertiary/aromatic N) is 2. The van der Waals surface area contributed by atoms with Crippen molar-refractivity contribution in [2.75, 3.05) is 26.2 Å². The second-order valence-electron chi connectivity index (χ2n) is 5.64. The Morgan fingerprint density at radius 2 is 2.24 bits per heavy atom. The lowest BCUT2D eigenvalue weighted by atomic mass is 9.91. The molecule has 1 unspecified atom stereocenters. The van der Waals surface area contributed by atoms with Crippen LogP contribution in [0.1, 0.15) is 44.3 Å². The maximum Gasteiger partial charge on any atom is 0.141 e. The molecule has 0 radical (unpaired) electrons. The van der Waals surface area contributed by atoms with Crippen LogP contribution < -0.4 is 5.32 Å². The second kappa shape index (κ2) is 8.41. The van der Waals surface area contributed by atoms with Crippen molar-refractivity contribution in [2.24, 2.45) is 0 Å². The summed E-state index contributed by atoms with van der Waals surface area (Å²) in [6.45, 7) is 4.79. The predicted molar refractivity (Wildman–Crippen MR) is 81.5 cm³/mol. The van der Waals surface area contributed by atoms with Gasteiger partial charge in [-0.2, -0.15) is 0 Å². The van der Waals surface area contributed by atoms with Gasteiger partial charge in [0.2, 0.25) is 0 Å². The van der Waals surface area contributed by atoms with Crippen molar-refractivity contribution in [2.45, 2.75) is 44.7 Å². The topological polar surface area (TPSA) is 48.4 Å². The van der Waals surface area contributed by atoms with Crippen LogP contribution in [0.5, 0.6) is 0 Å². The summed E-state index contributed by atoms with van der Waals surface area (Å²) < 4.78 is 13.0. The summed E-state index contributed by atoms with van der Waals surface area (Å²) in [5, 5.41) is 12.6. The first-order valence-corrected chi connectivity index (χ1v) is 7.94. The summed E-state index contributed by atoms with van der Waals surface area (Å²) in [6.07, 6.45) is 5.96. The summed E-state index contributed by atoms with van der Waals surface area (Å²) in [5.74, 6) is -0.301. The molecule has 0 aromatic carbocycles. The Bertz CT molecular complexity index is 408. The van der Waals surface area contributed by atoms with Gasteiger partial charge in [0.15, 0.2) is 0 Å². The SMILES string of the molecule is CCNC(CCN(CCO)C1CCC1)c1ccc(F)cn1. The highest BCUT2D eigenvalue weighted by atomic mass is 19.1. The summed E-state index contributed by atoms with van der Waals surface area (Å²) in [6, 6.07) is 3.98. The van der Waals surface area contributed by atoms with E-state index in [4.69, 9.17) is 0 Å². The third-order valence-corrected chi connectivity index (χ3v) is 4.24. The smallest absolute Gasteiger partial charge is 0.141 e. The van der Waals surface area contributed by atoms with Crippen molar-refractivity contribution in [1.29, 1.82) is 0 Å². The van der Waals surface area contributed by atoms with E-state index in [1.807, 2.05) is 0 Å². The summed E-state index contributed by atoms with van der Waals surface area (Å²) in [7, 11) is 0. The molecule has 1 aliphatic carbocycles. The van der Waals surface area contributed by atoms with Crippen LogP contribution in [0, 0.1) is 5.82 Å². The molecule has 118 valence electrons. The molecule has 0 bridgehead atoms. The normalized spacial score (nSPS) is 17.0. The van der Waals surface area contributed by atoms with Gasteiger partial charge in [-0.05, 0) is 37.9 Å². The lowest BCUT2D eigenvalue weighted by molar-refractivity contribution is 0.0968. The summed E-state index contributed by atoms with van der Waals surface area (Å²) >= 11 is 0. The lowest BCUT2D eigenvalue weighted by Crippen LogP contribution is -2.43. The van der Waals surface area contributed by atoms with Crippen LogP contribution in [0.2, 0.25) is 0 Å². The Morgan fingerprint density at radius 3 is 2.76 bits per heavy atom. The molecule has 1 saturated carbocycles. The van der Waals surface area contributed by atoms with Gasteiger partial charge in [-0.25, -0.2) is 4.39 Å². The number of aromatic nitrogens is 1. The van der Waals surface area contributed by atoms with E-state index >= 15 is 0 Å². The van der Waals surface area contributed by atoms with E-state index in [0.717, 1.165) is 31.7 Å². The van der Waals surface area contributed by atoms with Crippen LogP contribution >= 0.6 is 0 Å². The van der Waals surface area contributed by atoms with E-state index in [9.17, 15) is 9.50 Å². The zero-order chi connectivity index (χ0) is 15.1. The van der Waals surface area contributed by atoms with Crippen LogP contribution in [0.3, 0.4) is 0 Å². The highest BCUT2D eigenvalue weighted by molar-refractivity contribution is 5.10. The Labute approximate surface area is 126 Å². The maximum atomic E-state index is 13.0. The Hall–Kier alpha value is -1.04. The van der Waals surface area contributed by atoms with E-state index < -0.39 is 0 Å². The van der Waals surface area contributed by atoms with Crippen molar-refractivity contribution in [3.8, 4) is 0 Å². The minimum atomic E-state index is -0.301. The van der Waals surface area contributed by atoms with Gasteiger partial charge in [0.25, 0.3) is 0 Å². The molecule has 1 aliphatic rings. The van der Waals surface area contributed by atoms with E-state index in [-0.39, 0.29) is 18.5 Å². The lowest BCUT2D eigenvalue weighted by Gasteiger charge is -2.38. The van der Waals surface area contributed by atoms with Crippen LogP contribution in [0.4, 0.5) is 4.39 Å². The third kappa shape index (κ3) is 4.73. The number of hydrogen-bond donors (Lipinski definition) is 2. The summed E-state index contributed by atoms with van der Waals surface area (Å²) in [4.78, 5) is 6.57. The van der Waals surface area contributed by atoms with Gasteiger partial charge < -0.3 is 10.4 Å². The molecule has 1 aromatic heterocycles. The molecule has 2 N–H and O–H groups in total. The molecule has 0 spiro atoms. The molecule has 1 fully saturated rings. The largest absolute Gasteiger partial charge is 0.395 e.